The van der Waals surface area contributed by atoms with Crippen LogP contribution in [0.25, 0.3) is 11.3 Å². The van der Waals surface area contributed by atoms with Gasteiger partial charge in [-0.25, -0.2) is 0 Å². The number of nitrogens with zero attached hydrogens (tertiary/aromatic N) is 2. The minimum Gasteiger partial charge on any atom is -0.497 e. The Hall–Kier alpha value is -2.57. The van der Waals surface area contributed by atoms with Gasteiger partial charge >= 0.3 is 0 Å². The molecule has 0 atom stereocenters. The highest BCUT2D eigenvalue weighted by Crippen LogP contribution is 2.27. The summed E-state index contributed by atoms with van der Waals surface area (Å²) >= 11 is 7.50. The van der Waals surface area contributed by atoms with E-state index in [1.807, 2.05) is 42.7 Å². The molecule has 0 aliphatic carbocycles. The van der Waals surface area contributed by atoms with E-state index >= 15 is 0 Å². The Morgan fingerprint density at radius 3 is 2.25 bits per heavy atom. The second-order valence-electron chi connectivity index (χ2n) is 6.06. The number of ether oxygens (including phenoxy) is 2. The first kappa shape index (κ1) is 20.2. The van der Waals surface area contributed by atoms with E-state index in [1.54, 1.807) is 32.4 Å². The first-order valence-electron chi connectivity index (χ1n) is 8.75. The van der Waals surface area contributed by atoms with Gasteiger partial charge in [0.1, 0.15) is 11.5 Å². The zero-order valence-corrected chi connectivity index (χ0v) is 17.7. The van der Waals surface area contributed by atoms with Crippen molar-refractivity contribution in [2.45, 2.75) is 20.4 Å². The number of thiazole rings is 1. The molecule has 0 saturated heterocycles. The molecule has 0 bridgehead atoms. The lowest BCUT2D eigenvalue weighted by Crippen LogP contribution is -2.17. The number of rotatable bonds is 5. The number of benzene rings is 2. The summed E-state index contributed by atoms with van der Waals surface area (Å²) < 4.78 is 12.5. The van der Waals surface area contributed by atoms with E-state index in [4.69, 9.17) is 21.1 Å². The van der Waals surface area contributed by atoms with Gasteiger partial charge in [-0.15, -0.1) is 11.3 Å². The molecule has 0 spiro atoms. The predicted molar refractivity (Wildman–Crippen MR) is 113 cm³/mol. The Morgan fingerprint density at radius 2 is 1.71 bits per heavy atom. The van der Waals surface area contributed by atoms with Crippen LogP contribution in [0.5, 0.6) is 11.5 Å². The molecule has 146 valence electrons. The van der Waals surface area contributed by atoms with Gasteiger partial charge in [0.25, 0.3) is 5.91 Å². The molecule has 1 heterocycles. The zero-order valence-electron chi connectivity index (χ0n) is 16.2. The van der Waals surface area contributed by atoms with Gasteiger partial charge in [0, 0.05) is 28.1 Å². The van der Waals surface area contributed by atoms with Crippen molar-refractivity contribution in [1.82, 2.24) is 4.57 Å². The van der Waals surface area contributed by atoms with Crippen LogP contribution in [0.1, 0.15) is 22.2 Å². The summed E-state index contributed by atoms with van der Waals surface area (Å²) in [5.74, 6) is 0.749. The Balaban J connectivity index is 2.09. The molecule has 0 N–H and O–H groups in total. The zero-order chi connectivity index (χ0) is 20.3. The molecule has 3 aromatic rings. The van der Waals surface area contributed by atoms with Crippen molar-refractivity contribution in [1.29, 1.82) is 0 Å². The molecule has 0 saturated carbocycles. The molecule has 7 heteroatoms. The third kappa shape index (κ3) is 4.13. The molecular weight excluding hydrogens is 396 g/mol. The van der Waals surface area contributed by atoms with Crippen LogP contribution in [0.3, 0.4) is 0 Å². The van der Waals surface area contributed by atoms with Gasteiger partial charge in [0.15, 0.2) is 4.80 Å². The van der Waals surface area contributed by atoms with E-state index < -0.39 is 0 Å². The second kappa shape index (κ2) is 8.63. The summed E-state index contributed by atoms with van der Waals surface area (Å²) in [6.07, 6.45) is 0. The summed E-state index contributed by atoms with van der Waals surface area (Å²) in [7, 11) is 3.10. The first-order chi connectivity index (χ1) is 13.5. The minimum atomic E-state index is -0.344. The maximum Gasteiger partial charge on any atom is 0.279 e. The number of carbonyl (C=O) groups is 1. The molecular formula is C21H21ClN2O3S. The second-order valence-corrected chi connectivity index (χ2v) is 7.68. The predicted octanol–water partition coefficient (Wildman–Crippen LogP) is 4.96. The quantitative estimate of drug-likeness (QED) is 0.590. The van der Waals surface area contributed by atoms with Crippen LogP contribution >= 0.6 is 22.9 Å². The molecule has 0 aliphatic rings. The molecule has 1 amide bonds. The van der Waals surface area contributed by atoms with Gasteiger partial charge in [0.2, 0.25) is 0 Å². The van der Waals surface area contributed by atoms with Crippen molar-refractivity contribution in [3.05, 3.63) is 62.7 Å². The summed E-state index contributed by atoms with van der Waals surface area (Å²) in [5.41, 5.74) is 2.49. The number of hydrogen-bond acceptors (Lipinski definition) is 4. The van der Waals surface area contributed by atoms with E-state index in [0.29, 0.717) is 33.4 Å². The highest BCUT2D eigenvalue weighted by atomic mass is 35.5. The van der Waals surface area contributed by atoms with Crippen LogP contribution < -0.4 is 14.3 Å². The normalized spacial score (nSPS) is 11.5. The fourth-order valence-corrected chi connectivity index (χ4v) is 4.14. The van der Waals surface area contributed by atoms with Gasteiger partial charge in [0.05, 0.1) is 19.9 Å². The van der Waals surface area contributed by atoms with Crippen molar-refractivity contribution in [3.8, 4) is 22.8 Å². The number of halogens is 1. The fraction of sp³-hybridized carbons (Fsp3) is 0.238. The maximum absolute atomic E-state index is 12.8. The number of carbonyl (C=O) groups excluding carboxylic acids is 1. The summed E-state index contributed by atoms with van der Waals surface area (Å²) in [5, 5.41) is 0.687. The van der Waals surface area contributed by atoms with Gasteiger partial charge in [-0.05, 0) is 43.7 Å². The standard InChI is InChI=1S/C21H21ClN2O3S/c1-5-24-19(14-6-8-16(22)9-7-14)13(2)28-21(24)23-20(25)15-10-17(26-3)12-18(11-15)27-4/h6-12H,5H2,1-4H3. The van der Waals surface area contributed by atoms with Crippen LogP contribution in [0.2, 0.25) is 5.02 Å². The van der Waals surface area contributed by atoms with Gasteiger partial charge < -0.3 is 14.0 Å². The average Bonchev–Trinajstić information content (AvgIpc) is 3.02. The number of aryl methyl sites for hydroxylation is 1. The Labute approximate surface area is 172 Å². The molecule has 2 aromatic carbocycles. The lowest BCUT2D eigenvalue weighted by molar-refractivity contribution is 0.0997. The molecule has 5 nitrogen and oxygen atoms in total. The Morgan fingerprint density at radius 1 is 1.11 bits per heavy atom. The largest absolute Gasteiger partial charge is 0.497 e. The van der Waals surface area contributed by atoms with Gasteiger partial charge in [-0.3, -0.25) is 4.79 Å². The number of hydrogen-bond donors (Lipinski definition) is 0. The molecule has 3 rings (SSSR count). The lowest BCUT2D eigenvalue weighted by atomic mass is 10.1. The van der Waals surface area contributed by atoms with E-state index in [2.05, 4.69) is 4.99 Å². The summed E-state index contributed by atoms with van der Waals surface area (Å²) in [4.78, 5) is 18.9. The Kier molecular flexibility index (Phi) is 6.21. The third-order valence-corrected chi connectivity index (χ3v) is 5.55. The average molecular weight is 417 g/mol. The number of methoxy groups -OCH3 is 2. The van der Waals surface area contributed by atoms with Crippen LogP contribution in [0, 0.1) is 6.92 Å². The van der Waals surface area contributed by atoms with Gasteiger partial charge in [-0.2, -0.15) is 4.99 Å². The monoisotopic (exact) mass is 416 g/mol. The molecule has 0 unspecified atom stereocenters. The molecule has 0 aliphatic heterocycles. The smallest absolute Gasteiger partial charge is 0.279 e. The van der Waals surface area contributed by atoms with Crippen molar-refractivity contribution in [2.24, 2.45) is 4.99 Å². The van der Waals surface area contributed by atoms with Crippen molar-refractivity contribution < 1.29 is 14.3 Å². The Bertz CT molecular complexity index is 1050. The van der Waals surface area contributed by atoms with Crippen LogP contribution in [-0.4, -0.2) is 24.7 Å². The van der Waals surface area contributed by atoms with Crippen LogP contribution in [0.15, 0.2) is 47.5 Å². The van der Waals surface area contributed by atoms with E-state index in [1.165, 1.54) is 11.3 Å². The fourth-order valence-electron chi connectivity index (χ4n) is 2.95. The van der Waals surface area contributed by atoms with Gasteiger partial charge in [-0.1, -0.05) is 23.7 Å². The number of amides is 1. The summed E-state index contributed by atoms with van der Waals surface area (Å²) in [6.45, 7) is 4.75. The van der Waals surface area contributed by atoms with Crippen molar-refractivity contribution in [3.63, 3.8) is 0 Å². The van der Waals surface area contributed by atoms with Crippen LogP contribution in [0.4, 0.5) is 0 Å². The summed E-state index contributed by atoms with van der Waals surface area (Å²) in [6, 6.07) is 12.7. The highest BCUT2D eigenvalue weighted by molar-refractivity contribution is 7.09. The molecule has 28 heavy (non-hydrogen) atoms. The topological polar surface area (TPSA) is 52.8 Å². The van der Waals surface area contributed by atoms with Crippen LogP contribution in [-0.2, 0) is 6.54 Å². The maximum atomic E-state index is 12.8. The van der Waals surface area contributed by atoms with Crippen molar-refractivity contribution in [2.75, 3.05) is 14.2 Å². The van der Waals surface area contributed by atoms with E-state index in [0.717, 1.165) is 16.1 Å². The number of aromatic nitrogens is 1. The SMILES string of the molecule is CCn1c(-c2ccc(Cl)cc2)c(C)sc1=NC(=O)c1cc(OC)cc(OC)c1. The minimum absolute atomic E-state index is 0.344. The third-order valence-electron chi connectivity index (χ3n) is 4.31. The van der Waals surface area contributed by atoms with E-state index in [9.17, 15) is 4.79 Å². The first-order valence-corrected chi connectivity index (χ1v) is 9.94. The molecule has 0 fully saturated rings. The highest BCUT2D eigenvalue weighted by Gasteiger charge is 2.14. The van der Waals surface area contributed by atoms with E-state index in [-0.39, 0.29) is 5.91 Å². The van der Waals surface area contributed by atoms with Crippen molar-refractivity contribution >= 4 is 28.8 Å². The molecule has 0 radical (unpaired) electrons. The lowest BCUT2D eigenvalue weighted by Gasteiger charge is -2.08. The molecule has 1 aromatic heterocycles.